The quantitative estimate of drug-likeness (QED) is 0.470. The summed E-state index contributed by atoms with van der Waals surface area (Å²) in [4.78, 5) is -0.597. The molecule has 0 spiro atoms. The number of rotatable bonds is 0. The summed E-state index contributed by atoms with van der Waals surface area (Å²) in [5, 5.41) is 9.06. The number of ether oxygens (including phenoxy) is 1. The molecule has 0 aromatic heterocycles. The first-order valence-electron chi connectivity index (χ1n) is 2.67. The zero-order valence-electron chi connectivity index (χ0n) is 4.79. The molecule has 1 aliphatic rings. The Kier molecular flexibility index (Phi) is 1.52. The number of thiol groups is 1. The molecule has 1 saturated heterocycles. The predicted octanol–water partition coefficient (Wildman–Crippen LogP) is 0.414. The highest BCUT2D eigenvalue weighted by molar-refractivity contribution is 7.81. The van der Waals surface area contributed by atoms with E-state index in [4.69, 9.17) is 9.84 Å². The van der Waals surface area contributed by atoms with E-state index in [1.54, 1.807) is 6.92 Å². The molecule has 1 N–H and O–H groups in total. The van der Waals surface area contributed by atoms with Crippen LogP contribution in [-0.4, -0.2) is 22.8 Å². The van der Waals surface area contributed by atoms with Crippen molar-refractivity contribution in [2.45, 2.75) is 24.4 Å². The second-order valence-electron chi connectivity index (χ2n) is 2.21. The van der Waals surface area contributed by atoms with E-state index in [0.29, 0.717) is 13.0 Å². The van der Waals surface area contributed by atoms with E-state index >= 15 is 0 Å². The van der Waals surface area contributed by atoms with E-state index in [0.717, 1.165) is 0 Å². The van der Waals surface area contributed by atoms with Gasteiger partial charge in [0.25, 0.3) is 0 Å². The third-order valence-corrected chi connectivity index (χ3v) is 1.83. The molecule has 1 fully saturated rings. The van der Waals surface area contributed by atoms with Gasteiger partial charge in [0, 0.05) is 6.42 Å². The Labute approximate surface area is 54.3 Å². The number of hydrogen-bond acceptors (Lipinski definition) is 3. The van der Waals surface area contributed by atoms with Gasteiger partial charge in [0.1, 0.15) is 4.93 Å². The fourth-order valence-corrected chi connectivity index (χ4v) is 0.962. The predicted molar refractivity (Wildman–Crippen MR) is 34.0 cm³/mol. The first-order chi connectivity index (χ1) is 3.63. The molecule has 1 aliphatic heterocycles. The van der Waals surface area contributed by atoms with Crippen molar-refractivity contribution in [3.05, 3.63) is 0 Å². The first-order valence-corrected chi connectivity index (χ1v) is 3.12. The molecule has 1 heterocycles. The van der Waals surface area contributed by atoms with E-state index in [-0.39, 0.29) is 0 Å². The van der Waals surface area contributed by atoms with Crippen LogP contribution < -0.4 is 0 Å². The molecule has 0 bridgehead atoms. The molecule has 48 valence electrons. The van der Waals surface area contributed by atoms with E-state index in [1.807, 2.05) is 0 Å². The molecular formula is C5H10O2S. The van der Waals surface area contributed by atoms with Crippen LogP contribution >= 0.6 is 12.6 Å². The summed E-state index contributed by atoms with van der Waals surface area (Å²) >= 11 is 4.07. The zero-order chi connectivity index (χ0) is 6.20. The highest BCUT2D eigenvalue weighted by Gasteiger charge is 2.34. The Morgan fingerprint density at radius 1 is 1.88 bits per heavy atom. The smallest absolute Gasteiger partial charge is 0.134 e. The molecule has 2 atom stereocenters. The van der Waals surface area contributed by atoms with Crippen LogP contribution in [0.15, 0.2) is 0 Å². The van der Waals surface area contributed by atoms with Gasteiger partial charge < -0.3 is 9.84 Å². The number of aliphatic hydroxyl groups is 1. The average molecular weight is 134 g/mol. The van der Waals surface area contributed by atoms with Gasteiger partial charge in [-0.25, -0.2) is 0 Å². The topological polar surface area (TPSA) is 29.5 Å². The minimum Gasteiger partial charge on any atom is -0.389 e. The van der Waals surface area contributed by atoms with Gasteiger partial charge in [-0.3, -0.25) is 0 Å². The fraction of sp³-hybridized carbons (Fsp3) is 1.00. The second kappa shape index (κ2) is 1.90. The SMILES string of the molecule is CC1(S)OCCC1O. The van der Waals surface area contributed by atoms with Crippen molar-refractivity contribution in [2.24, 2.45) is 0 Å². The Morgan fingerprint density at radius 2 is 2.50 bits per heavy atom. The molecule has 8 heavy (non-hydrogen) atoms. The Balaban J connectivity index is 2.54. The van der Waals surface area contributed by atoms with E-state index < -0.39 is 11.0 Å². The lowest BCUT2D eigenvalue weighted by atomic mass is 10.2. The maximum Gasteiger partial charge on any atom is 0.134 e. The molecule has 0 radical (unpaired) electrons. The number of aliphatic hydroxyl groups excluding tert-OH is 1. The van der Waals surface area contributed by atoms with E-state index in [1.165, 1.54) is 0 Å². The fourth-order valence-electron chi connectivity index (χ4n) is 0.741. The molecule has 3 heteroatoms. The summed E-state index contributed by atoms with van der Waals surface area (Å²) in [6.45, 7) is 2.40. The minimum atomic E-state index is -0.597. The van der Waals surface area contributed by atoms with Crippen LogP contribution in [0.3, 0.4) is 0 Å². The highest BCUT2D eigenvalue weighted by Crippen LogP contribution is 2.28. The van der Waals surface area contributed by atoms with Crippen molar-refractivity contribution < 1.29 is 9.84 Å². The third-order valence-electron chi connectivity index (χ3n) is 1.40. The molecule has 0 amide bonds. The van der Waals surface area contributed by atoms with Gasteiger partial charge in [-0.1, -0.05) is 0 Å². The maximum absolute atomic E-state index is 9.06. The van der Waals surface area contributed by atoms with Gasteiger partial charge in [0.05, 0.1) is 12.7 Å². The van der Waals surface area contributed by atoms with Crippen LogP contribution in [0.4, 0.5) is 0 Å². The summed E-state index contributed by atoms with van der Waals surface area (Å²) < 4.78 is 5.07. The van der Waals surface area contributed by atoms with Crippen LogP contribution in [-0.2, 0) is 4.74 Å². The van der Waals surface area contributed by atoms with Gasteiger partial charge in [-0.2, -0.15) is 0 Å². The van der Waals surface area contributed by atoms with Gasteiger partial charge in [0.15, 0.2) is 0 Å². The van der Waals surface area contributed by atoms with Crippen molar-refractivity contribution in [1.29, 1.82) is 0 Å². The third kappa shape index (κ3) is 0.989. The second-order valence-corrected chi connectivity index (χ2v) is 3.10. The van der Waals surface area contributed by atoms with Crippen molar-refractivity contribution in [1.82, 2.24) is 0 Å². The van der Waals surface area contributed by atoms with Crippen LogP contribution in [0.1, 0.15) is 13.3 Å². The van der Waals surface area contributed by atoms with Gasteiger partial charge >= 0.3 is 0 Å². The molecule has 0 aromatic carbocycles. The van der Waals surface area contributed by atoms with E-state index in [9.17, 15) is 0 Å². The minimum absolute atomic E-state index is 0.397. The molecular weight excluding hydrogens is 124 g/mol. The van der Waals surface area contributed by atoms with Crippen LogP contribution in [0.25, 0.3) is 0 Å². The van der Waals surface area contributed by atoms with Gasteiger partial charge in [0.2, 0.25) is 0 Å². The van der Waals surface area contributed by atoms with Crippen molar-refractivity contribution in [2.75, 3.05) is 6.61 Å². The monoisotopic (exact) mass is 134 g/mol. The Hall–Kier alpha value is 0.270. The lowest BCUT2D eigenvalue weighted by molar-refractivity contribution is 0.0298. The standard InChI is InChI=1S/C5H10O2S/c1-5(8)4(6)2-3-7-5/h4,6,8H,2-3H2,1H3. The summed E-state index contributed by atoms with van der Waals surface area (Å²) in [7, 11) is 0. The molecule has 0 aliphatic carbocycles. The maximum atomic E-state index is 9.06. The summed E-state index contributed by atoms with van der Waals surface area (Å²) in [5.74, 6) is 0. The largest absolute Gasteiger partial charge is 0.389 e. The number of hydrogen-bond donors (Lipinski definition) is 2. The summed E-state index contributed by atoms with van der Waals surface area (Å²) in [6, 6.07) is 0. The van der Waals surface area contributed by atoms with Gasteiger partial charge in [-0.15, -0.1) is 12.6 Å². The average Bonchev–Trinajstić information content (AvgIpc) is 1.86. The summed E-state index contributed by atoms with van der Waals surface area (Å²) in [5.41, 5.74) is 0. The van der Waals surface area contributed by atoms with Crippen LogP contribution in [0.5, 0.6) is 0 Å². The van der Waals surface area contributed by atoms with Crippen molar-refractivity contribution >= 4 is 12.6 Å². The molecule has 0 saturated carbocycles. The lowest BCUT2D eigenvalue weighted by Crippen LogP contribution is -2.28. The summed E-state index contributed by atoms with van der Waals surface area (Å²) in [6.07, 6.45) is 0.311. The van der Waals surface area contributed by atoms with Crippen molar-refractivity contribution in [3.8, 4) is 0 Å². The normalized spacial score (nSPS) is 47.6. The Morgan fingerprint density at radius 3 is 2.62 bits per heavy atom. The van der Waals surface area contributed by atoms with Crippen LogP contribution in [0.2, 0.25) is 0 Å². The molecule has 1 rings (SSSR count). The highest BCUT2D eigenvalue weighted by atomic mass is 32.1. The Bertz CT molecular complexity index is 92.4. The van der Waals surface area contributed by atoms with Gasteiger partial charge in [-0.05, 0) is 6.92 Å². The first kappa shape index (κ1) is 6.39. The molecule has 0 aromatic rings. The van der Waals surface area contributed by atoms with Crippen LogP contribution in [0, 0.1) is 0 Å². The molecule has 2 nitrogen and oxygen atoms in total. The lowest BCUT2D eigenvalue weighted by Gasteiger charge is -2.19. The van der Waals surface area contributed by atoms with Crippen molar-refractivity contribution in [3.63, 3.8) is 0 Å². The molecule has 2 unspecified atom stereocenters. The zero-order valence-corrected chi connectivity index (χ0v) is 5.69. The van der Waals surface area contributed by atoms with E-state index in [2.05, 4.69) is 12.6 Å².